The topological polar surface area (TPSA) is 105 Å². The summed E-state index contributed by atoms with van der Waals surface area (Å²) in [6.45, 7) is 6.15. The summed E-state index contributed by atoms with van der Waals surface area (Å²) in [5, 5.41) is 0. The Labute approximate surface area is 167 Å². The standard InChI is InChI=1S/C16H28IO8P/c1-13(18)22-5-9-26(17,10-6-23-14(2)19,11-7-24-15(3)20)12-8-25-16(4)21/h5-12H2,1-4H3. The summed E-state index contributed by atoms with van der Waals surface area (Å²) in [4.78, 5) is 44.5. The van der Waals surface area contributed by atoms with E-state index in [-0.39, 0.29) is 50.3 Å². The number of ether oxygens (including phenoxy) is 4. The van der Waals surface area contributed by atoms with E-state index < -0.39 is 4.25 Å². The summed E-state index contributed by atoms with van der Waals surface area (Å²) in [6, 6.07) is 0. The zero-order valence-electron chi connectivity index (χ0n) is 15.7. The molecule has 0 aliphatic carbocycles. The van der Waals surface area contributed by atoms with Crippen LogP contribution in [-0.2, 0) is 38.1 Å². The molecule has 10 heteroatoms. The Balaban J connectivity index is 5.30. The fraction of sp³-hybridized carbons (Fsp3) is 0.750. The Kier molecular flexibility index (Phi) is 11.3. The molecule has 0 unspecified atom stereocenters. The third kappa shape index (κ3) is 11.6. The van der Waals surface area contributed by atoms with Crippen LogP contribution >= 0.6 is 26.3 Å². The van der Waals surface area contributed by atoms with E-state index >= 15 is 0 Å². The van der Waals surface area contributed by atoms with Gasteiger partial charge in [0.1, 0.15) is 0 Å². The zero-order chi connectivity index (χ0) is 20.2. The molecule has 0 aliphatic rings. The fourth-order valence-corrected chi connectivity index (χ4v) is 8.24. The van der Waals surface area contributed by atoms with Gasteiger partial charge in [0.15, 0.2) is 0 Å². The van der Waals surface area contributed by atoms with Gasteiger partial charge in [-0.05, 0) is 0 Å². The Bertz CT molecular complexity index is 431. The molecule has 0 aromatic heterocycles. The van der Waals surface area contributed by atoms with Gasteiger partial charge in [0, 0.05) is 0 Å². The number of hydrogen-bond acceptors (Lipinski definition) is 8. The molecule has 0 spiro atoms. The molecule has 0 saturated heterocycles. The van der Waals surface area contributed by atoms with Crippen LogP contribution in [0.3, 0.4) is 0 Å². The molecular formula is C16H28IO8P. The molecule has 0 N–H and O–H groups in total. The molecule has 0 radical (unpaired) electrons. The van der Waals surface area contributed by atoms with Gasteiger partial charge >= 0.3 is 167 Å². The number of carbonyl (C=O) groups is 4. The van der Waals surface area contributed by atoms with Gasteiger partial charge in [0.25, 0.3) is 0 Å². The molecular weight excluding hydrogens is 478 g/mol. The molecule has 26 heavy (non-hydrogen) atoms. The van der Waals surface area contributed by atoms with Crippen LogP contribution in [0.1, 0.15) is 27.7 Å². The summed E-state index contributed by atoms with van der Waals surface area (Å²) in [5.74, 6) is -1.53. The van der Waals surface area contributed by atoms with E-state index in [2.05, 4.69) is 22.0 Å². The van der Waals surface area contributed by atoms with Gasteiger partial charge in [-0.15, -0.1) is 0 Å². The summed E-state index contributed by atoms with van der Waals surface area (Å²) >= 11 is 2.36. The van der Waals surface area contributed by atoms with Crippen molar-refractivity contribution >= 4 is 50.2 Å². The van der Waals surface area contributed by atoms with E-state index in [9.17, 15) is 19.2 Å². The van der Waals surface area contributed by atoms with E-state index in [0.717, 1.165) is 0 Å². The molecule has 0 aromatic carbocycles. The SMILES string of the molecule is CC(=O)OCCP(I)(CCOC(C)=O)(CCOC(C)=O)CCOC(C)=O. The molecule has 152 valence electrons. The second-order valence-corrected chi connectivity index (χ2v) is 19.7. The first-order valence-corrected chi connectivity index (χ1v) is 14.0. The van der Waals surface area contributed by atoms with E-state index in [1.54, 1.807) is 0 Å². The molecule has 0 bridgehead atoms. The predicted molar refractivity (Wildman–Crippen MR) is 107 cm³/mol. The van der Waals surface area contributed by atoms with Crippen molar-refractivity contribution in [3.05, 3.63) is 0 Å². The Hall–Kier alpha value is -0.960. The third-order valence-corrected chi connectivity index (χ3v) is 14.8. The van der Waals surface area contributed by atoms with Crippen molar-refractivity contribution in [2.75, 3.05) is 51.1 Å². The molecule has 0 aromatic rings. The number of esters is 4. The first kappa shape index (κ1) is 25.0. The van der Waals surface area contributed by atoms with Gasteiger partial charge < -0.3 is 0 Å². The van der Waals surface area contributed by atoms with Crippen molar-refractivity contribution in [3.8, 4) is 0 Å². The number of carbonyl (C=O) groups excluding carboxylic acids is 4. The molecule has 0 aliphatic heterocycles. The fourth-order valence-electron chi connectivity index (χ4n) is 2.34. The average molecular weight is 506 g/mol. The van der Waals surface area contributed by atoms with Gasteiger partial charge in [0.05, 0.1) is 0 Å². The summed E-state index contributed by atoms with van der Waals surface area (Å²) < 4.78 is 17.7. The second-order valence-electron chi connectivity index (χ2n) is 6.07. The Morgan fingerprint density at radius 3 is 0.923 bits per heavy atom. The van der Waals surface area contributed by atoms with Crippen molar-refractivity contribution in [1.29, 1.82) is 0 Å². The van der Waals surface area contributed by atoms with Crippen molar-refractivity contribution in [3.63, 3.8) is 0 Å². The van der Waals surface area contributed by atoms with Crippen molar-refractivity contribution in [1.82, 2.24) is 0 Å². The van der Waals surface area contributed by atoms with Crippen LogP contribution in [0.15, 0.2) is 0 Å². The van der Waals surface area contributed by atoms with Crippen LogP contribution < -0.4 is 0 Å². The minimum atomic E-state index is -2.69. The molecule has 0 atom stereocenters. The summed E-state index contributed by atoms with van der Waals surface area (Å²) in [7, 11) is 0. The zero-order valence-corrected chi connectivity index (χ0v) is 18.8. The minimum absolute atomic E-state index is 0.205. The van der Waals surface area contributed by atoms with Crippen LogP contribution in [0.25, 0.3) is 0 Å². The van der Waals surface area contributed by atoms with Crippen LogP contribution in [0, 0.1) is 0 Å². The first-order valence-electron chi connectivity index (χ1n) is 8.22. The van der Waals surface area contributed by atoms with Gasteiger partial charge in [-0.3, -0.25) is 0 Å². The van der Waals surface area contributed by atoms with Gasteiger partial charge in [0.2, 0.25) is 0 Å². The van der Waals surface area contributed by atoms with Crippen LogP contribution in [0.4, 0.5) is 0 Å². The summed E-state index contributed by atoms with van der Waals surface area (Å²) in [5.41, 5.74) is 0. The van der Waals surface area contributed by atoms with Crippen LogP contribution in [-0.4, -0.2) is 75.0 Å². The van der Waals surface area contributed by atoms with Crippen LogP contribution in [0.2, 0.25) is 0 Å². The second kappa shape index (κ2) is 11.7. The van der Waals surface area contributed by atoms with E-state index in [4.69, 9.17) is 18.9 Å². The molecule has 0 rings (SSSR count). The normalized spacial score (nSPS) is 12.4. The Morgan fingerprint density at radius 1 is 0.577 bits per heavy atom. The van der Waals surface area contributed by atoms with E-state index in [1.807, 2.05) is 0 Å². The molecule has 0 fully saturated rings. The molecule has 0 heterocycles. The molecule has 8 nitrogen and oxygen atoms in total. The van der Waals surface area contributed by atoms with Crippen molar-refractivity contribution in [2.45, 2.75) is 27.7 Å². The average Bonchev–Trinajstić information content (AvgIpc) is 2.45. The van der Waals surface area contributed by atoms with E-state index in [0.29, 0.717) is 24.6 Å². The maximum absolute atomic E-state index is 11.1. The predicted octanol–water partition coefficient (Wildman–Crippen LogP) is 2.14. The van der Waals surface area contributed by atoms with Crippen molar-refractivity contribution in [2.24, 2.45) is 0 Å². The monoisotopic (exact) mass is 506 g/mol. The molecule has 0 saturated carbocycles. The Morgan fingerprint density at radius 2 is 0.769 bits per heavy atom. The molecule has 0 amide bonds. The van der Waals surface area contributed by atoms with Gasteiger partial charge in [-0.25, -0.2) is 0 Å². The first-order chi connectivity index (χ1) is 12.0. The third-order valence-electron chi connectivity index (χ3n) is 3.82. The quantitative estimate of drug-likeness (QED) is 0.172. The van der Waals surface area contributed by atoms with E-state index in [1.165, 1.54) is 27.7 Å². The van der Waals surface area contributed by atoms with Crippen LogP contribution in [0.5, 0.6) is 0 Å². The van der Waals surface area contributed by atoms with Gasteiger partial charge in [-0.1, -0.05) is 0 Å². The number of rotatable bonds is 12. The number of hydrogen-bond donors (Lipinski definition) is 0. The maximum atomic E-state index is 11.1. The van der Waals surface area contributed by atoms with Crippen molar-refractivity contribution < 1.29 is 38.1 Å². The number of halogens is 1. The van der Waals surface area contributed by atoms with Gasteiger partial charge in [-0.2, -0.15) is 0 Å². The summed E-state index contributed by atoms with van der Waals surface area (Å²) in [6.07, 6.45) is 2.20.